The second kappa shape index (κ2) is 7.41. The van der Waals surface area contributed by atoms with Crippen LogP contribution in [0.25, 0.3) is 28.0 Å². The third-order valence-electron chi connectivity index (χ3n) is 5.22. The highest BCUT2D eigenvalue weighted by molar-refractivity contribution is 6.42. The Morgan fingerprint density at radius 1 is 0.967 bits per heavy atom. The van der Waals surface area contributed by atoms with E-state index in [1.54, 1.807) is 36.4 Å². The number of nitrogens with zero attached hydrogens (tertiary/aromatic N) is 5. The lowest BCUT2D eigenvalue weighted by Crippen LogP contribution is -2.20. The smallest absolute Gasteiger partial charge is 0.228 e. The largest absolute Gasteiger partial charge is 0.383 e. The van der Waals surface area contributed by atoms with Crippen LogP contribution in [0.15, 0.2) is 42.5 Å². The molecular weight excluding hydrogens is 426 g/mol. The summed E-state index contributed by atoms with van der Waals surface area (Å²) in [7, 11) is 0. The first-order chi connectivity index (χ1) is 14.5. The van der Waals surface area contributed by atoms with E-state index in [1.807, 2.05) is 0 Å². The zero-order valence-corrected chi connectivity index (χ0v) is 17.3. The SMILES string of the molecule is Nc1c2c(-c3ccccc3F)nc(N3CCCC3)nc2nn1-c1ccc(Cl)c(Cl)c1. The lowest BCUT2D eigenvalue weighted by Gasteiger charge is -2.16. The van der Waals surface area contributed by atoms with Crippen molar-refractivity contribution in [2.75, 3.05) is 23.7 Å². The zero-order chi connectivity index (χ0) is 20.8. The van der Waals surface area contributed by atoms with Crippen LogP contribution in [0.4, 0.5) is 16.2 Å². The molecule has 0 radical (unpaired) electrons. The lowest BCUT2D eigenvalue weighted by atomic mass is 10.1. The predicted molar refractivity (Wildman–Crippen MR) is 118 cm³/mol. The molecule has 4 aromatic rings. The molecule has 0 atom stereocenters. The van der Waals surface area contributed by atoms with Crippen molar-refractivity contribution >= 4 is 46.0 Å². The second-order valence-corrected chi connectivity index (χ2v) is 7.95. The van der Waals surface area contributed by atoms with E-state index in [0.29, 0.717) is 49.8 Å². The zero-order valence-electron chi connectivity index (χ0n) is 15.8. The van der Waals surface area contributed by atoms with Crippen LogP contribution in [0.5, 0.6) is 0 Å². The van der Waals surface area contributed by atoms with Crippen molar-refractivity contribution < 1.29 is 4.39 Å². The molecule has 152 valence electrons. The van der Waals surface area contributed by atoms with Crippen molar-refractivity contribution in [2.24, 2.45) is 0 Å². The lowest BCUT2D eigenvalue weighted by molar-refractivity contribution is 0.631. The molecule has 1 aliphatic heterocycles. The third kappa shape index (κ3) is 3.14. The van der Waals surface area contributed by atoms with E-state index in [-0.39, 0.29) is 5.82 Å². The van der Waals surface area contributed by atoms with Gasteiger partial charge in [0, 0.05) is 18.7 Å². The molecule has 6 nitrogen and oxygen atoms in total. The number of aromatic nitrogens is 4. The van der Waals surface area contributed by atoms with Gasteiger partial charge in [0.1, 0.15) is 11.6 Å². The number of nitrogens with two attached hydrogens (primary N) is 1. The van der Waals surface area contributed by atoms with E-state index in [4.69, 9.17) is 33.9 Å². The van der Waals surface area contributed by atoms with Crippen molar-refractivity contribution in [3.05, 3.63) is 58.3 Å². The number of fused-ring (bicyclic) bond motifs is 1. The summed E-state index contributed by atoms with van der Waals surface area (Å²) in [6.45, 7) is 1.70. The monoisotopic (exact) mass is 442 g/mol. The fourth-order valence-corrected chi connectivity index (χ4v) is 4.01. The maximum absolute atomic E-state index is 14.7. The summed E-state index contributed by atoms with van der Waals surface area (Å²) < 4.78 is 16.2. The van der Waals surface area contributed by atoms with Gasteiger partial charge >= 0.3 is 0 Å². The molecule has 3 heterocycles. The van der Waals surface area contributed by atoms with E-state index in [0.717, 1.165) is 25.9 Å². The Kier molecular flexibility index (Phi) is 4.72. The summed E-state index contributed by atoms with van der Waals surface area (Å²) in [4.78, 5) is 11.4. The Morgan fingerprint density at radius 3 is 2.47 bits per heavy atom. The number of rotatable bonds is 3. The maximum Gasteiger partial charge on any atom is 0.228 e. The van der Waals surface area contributed by atoms with Crippen molar-refractivity contribution in [2.45, 2.75) is 12.8 Å². The average molecular weight is 443 g/mol. The number of hydrogen-bond donors (Lipinski definition) is 1. The molecule has 0 aliphatic carbocycles. The van der Waals surface area contributed by atoms with E-state index in [1.165, 1.54) is 10.7 Å². The minimum Gasteiger partial charge on any atom is -0.383 e. The molecule has 2 aromatic carbocycles. The minimum absolute atomic E-state index is 0.301. The number of benzene rings is 2. The number of nitrogen functional groups attached to an aromatic ring is 1. The first-order valence-corrected chi connectivity index (χ1v) is 10.3. The molecule has 0 unspecified atom stereocenters. The summed E-state index contributed by atoms with van der Waals surface area (Å²) in [6, 6.07) is 11.6. The Balaban J connectivity index is 1.78. The van der Waals surface area contributed by atoms with Crippen LogP contribution in [0.3, 0.4) is 0 Å². The third-order valence-corrected chi connectivity index (χ3v) is 5.96. The molecule has 1 fully saturated rings. The first-order valence-electron chi connectivity index (χ1n) is 9.54. The normalized spacial score (nSPS) is 14.0. The van der Waals surface area contributed by atoms with Crippen LogP contribution in [0, 0.1) is 5.82 Å². The molecule has 0 bridgehead atoms. The number of hydrogen-bond acceptors (Lipinski definition) is 5. The van der Waals surface area contributed by atoms with Crippen molar-refractivity contribution in [3.8, 4) is 16.9 Å². The summed E-state index contributed by atoms with van der Waals surface area (Å²) in [6.07, 6.45) is 2.13. The Labute approximate surface area is 182 Å². The van der Waals surface area contributed by atoms with Gasteiger partial charge in [0.2, 0.25) is 5.95 Å². The van der Waals surface area contributed by atoms with Crippen LogP contribution in [0.1, 0.15) is 12.8 Å². The molecule has 5 rings (SSSR count). The maximum atomic E-state index is 14.7. The molecule has 9 heteroatoms. The highest BCUT2D eigenvalue weighted by Gasteiger charge is 2.24. The van der Waals surface area contributed by atoms with E-state index >= 15 is 0 Å². The Hall–Kier alpha value is -2.90. The van der Waals surface area contributed by atoms with Gasteiger partial charge in [-0.25, -0.2) is 14.1 Å². The van der Waals surface area contributed by atoms with Gasteiger partial charge in [-0.15, -0.1) is 5.10 Å². The molecule has 1 saturated heterocycles. The quantitative estimate of drug-likeness (QED) is 0.477. The van der Waals surface area contributed by atoms with Gasteiger partial charge in [0.25, 0.3) is 0 Å². The fourth-order valence-electron chi connectivity index (χ4n) is 3.72. The van der Waals surface area contributed by atoms with E-state index < -0.39 is 0 Å². The van der Waals surface area contributed by atoms with Crippen LogP contribution < -0.4 is 10.6 Å². The van der Waals surface area contributed by atoms with Gasteiger partial charge in [0.05, 0.1) is 26.8 Å². The molecule has 0 spiro atoms. The van der Waals surface area contributed by atoms with Crippen molar-refractivity contribution in [1.29, 1.82) is 0 Å². The standard InChI is InChI=1S/C21H17Cl2FN6/c22-14-8-7-12(11-15(14)23)30-19(25)17-18(13-5-1-2-6-16(13)24)26-21(27-20(17)28-30)29-9-3-4-10-29/h1-2,5-8,11H,3-4,9-10,25H2. The van der Waals surface area contributed by atoms with Crippen LogP contribution >= 0.6 is 23.2 Å². The Bertz CT molecular complexity index is 1270. The van der Waals surface area contributed by atoms with Crippen LogP contribution in [0.2, 0.25) is 10.0 Å². The molecule has 2 aromatic heterocycles. The van der Waals surface area contributed by atoms with Crippen LogP contribution in [-0.4, -0.2) is 32.8 Å². The van der Waals surface area contributed by atoms with Crippen LogP contribution in [-0.2, 0) is 0 Å². The minimum atomic E-state index is -0.383. The van der Waals surface area contributed by atoms with Crippen molar-refractivity contribution in [1.82, 2.24) is 19.7 Å². The second-order valence-electron chi connectivity index (χ2n) is 7.14. The highest BCUT2D eigenvalue weighted by atomic mass is 35.5. The predicted octanol–water partition coefficient (Wildman–Crippen LogP) is 5.11. The topological polar surface area (TPSA) is 72.9 Å². The fraction of sp³-hybridized carbons (Fsp3) is 0.190. The molecule has 30 heavy (non-hydrogen) atoms. The summed E-state index contributed by atoms with van der Waals surface area (Å²) in [5, 5.41) is 5.90. The van der Waals surface area contributed by atoms with Crippen molar-refractivity contribution in [3.63, 3.8) is 0 Å². The Morgan fingerprint density at radius 2 is 1.73 bits per heavy atom. The van der Waals surface area contributed by atoms with E-state index in [2.05, 4.69) is 15.0 Å². The molecule has 1 aliphatic rings. The number of anilines is 2. The van der Waals surface area contributed by atoms with Gasteiger partial charge in [-0.3, -0.25) is 0 Å². The van der Waals surface area contributed by atoms with Gasteiger partial charge < -0.3 is 10.6 Å². The van der Waals surface area contributed by atoms with Gasteiger partial charge in [-0.2, -0.15) is 4.98 Å². The highest BCUT2D eigenvalue weighted by Crippen LogP contribution is 2.35. The van der Waals surface area contributed by atoms with Gasteiger partial charge in [-0.1, -0.05) is 35.3 Å². The molecule has 2 N–H and O–H groups in total. The van der Waals surface area contributed by atoms with Gasteiger partial charge in [-0.05, 0) is 43.2 Å². The first kappa shape index (κ1) is 19.1. The average Bonchev–Trinajstić information content (AvgIpc) is 3.39. The molecule has 0 saturated carbocycles. The summed E-state index contributed by atoms with van der Waals surface area (Å²) in [5.74, 6) is 0.443. The summed E-state index contributed by atoms with van der Waals surface area (Å²) >= 11 is 12.2. The molecular formula is C21H17Cl2FN6. The summed E-state index contributed by atoms with van der Waals surface area (Å²) in [5.41, 5.74) is 8.26. The molecule has 0 amide bonds. The number of halogens is 3. The van der Waals surface area contributed by atoms with E-state index in [9.17, 15) is 4.39 Å². The van der Waals surface area contributed by atoms with Gasteiger partial charge in [0.15, 0.2) is 5.65 Å².